The second kappa shape index (κ2) is 6.51. The summed E-state index contributed by atoms with van der Waals surface area (Å²) in [6.07, 6.45) is 1.45. The van der Waals surface area contributed by atoms with E-state index in [2.05, 4.69) is 10.5 Å². The van der Waals surface area contributed by atoms with Crippen molar-refractivity contribution in [2.24, 2.45) is 10.8 Å². The molecule has 21 heavy (non-hydrogen) atoms. The average Bonchev–Trinajstić information content (AvgIpc) is 2.44. The topological polar surface area (TPSA) is 76.7 Å². The average molecular weight is 287 g/mol. The number of hydrogen-bond acceptors (Lipinski definition) is 3. The molecule has 6 heteroatoms. The van der Waals surface area contributed by atoms with Gasteiger partial charge >= 0.3 is 6.03 Å². The highest BCUT2D eigenvalue weighted by Gasteiger charge is 2.01. The lowest BCUT2D eigenvalue weighted by Gasteiger charge is -2.07. The Labute approximate surface area is 121 Å². The van der Waals surface area contributed by atoms with Crippen molar-refractivity contribution in [1.82, 2.24) is 5.43 Å². The molecule has 108 valence electrons. The number of primary amides is 1. The zero-order valence-corrected chi connectivity index (χ0v) is 11.3. The molecule has 0 bridgehead atoms. The molecule has 0 heterocycles. The number of carbonyl (C=O) groups excluding carboxylic acids is 1. The number of hydrazone groups is 1. The maximum Gasteiger partial charge on any atom is 0.332 e. The summed E-state index contributed by atoms with van der Waals surface area (Å²) in [6.45, 7) is 1.67. The number of nitrogens with one attached hydrogen (secondary N) is 1. The number of urea groups is 1. The minimum atomic E-state index is -0.724. The van der Waals surface area contributed by atoms with Crippen LogP contribution >= 0.6 is 0 Å². The first-order chi connectivity index (χ1) is 10.0. The molecule has 2 rings (SSSR count). The molecule has 0 atom stereocenters. The van der Waals surface area contributed by atoms with Crippen molar-refractivity contribution < 1.29 is 13.9 Å². The summed E-state index contributed by atoms with van der Waals surface area (Å²) >= 11 is 0. The van der Waals surface area contributed by atoms with Gasteiger partial charge in [0.05, 0.1) is 6.21 Å². The molecule has 0 spiro atoms. The molecule has 0 aromatic heterocycles. The fourth-order valence-electron chi connectivity index (χ4n) is 1.61. The smallest absolute Gasteiger partial charge is 0.332 e. The van der Waals surface area contributed by atoms with Gasteiger partial charge in [0.25, 0.3) is 0 Å². The van der Waals surface area contributed by atoms with Crippen molar-refractivity contribution in [3.63, 3.8) is 0 Å². The lowest BCUT2D eigenvalue weighted by molar-refractivity contribution is 0.249. The predicted molar refractivity (Wildman–Crippen MR) is 78.0 cm³/mol. The Morgan fingerprint density at radius 3 is 2.52 bits per heavy atom. The first kappa shape index (κ1) is 14.5. The minimum absolute atomic E-state index is 0.268. The first-order valence-electron chi connectivity index (χ1n) is 6.17. The standard InChI is InChI=1S/C15H14FN3O2/c1-10-8-13(6-7-14(10)16)21-12-4-2-11(3-5-12)9-18-19-15(17)20/h2-9H,1H3,(H3,17,19,20)/b18-9-. The van der Waals surface area contributed by atoms with E-state index in [9.17, 15) is 9.18 Å². The molecule has 0 unspecified atom stereocenters. The maximum atomic E-state index is 13.2. The highest BCUT2D eigenvalue weighted by molar-refractivity contribution is 5.81. The van der Waals surface area contributed by atoms with E-state index in [-0.39, 0.29) is 5.82 Å². The van der Waals surface area contributed by atoms with Gasteiger partial charge in [-0.2, -0.15) is 5.10 Å². The van der Waals surface area contributed by atoms with E-state index in [0.29, 0.717) is 17.1 Å². The normalized spacial score (nSPS) is 10.6. The number of ether oxygens (including phenoxy) is 1. The Morgan fingerprint density at radius 2 is 1.90 bits per heavy atom. The summed E-state index contributed by atoms with van der Waals surface area (Å²) in [5, 5.41) is 3.64. The van der Waals surface area contributed by atoms with Crippen molar-refractivity contribution in [2.75, 3.05) is 0 Å². The zero-order chi connectivity index (χ0) is 15.2. The van der Waals surface area contributed by atoms with E-state index < -0.39 is 6.03 Å². The van der Waals surface area contributed by atoms with Gasteiger partial charge in [-0.3, -0.25) is 0 Å². The maximum absolute atomic E-state index is 13.2. The Kier molecular flexibility index (Phi) is 4.50. The van der Waals surface area contributed by atoms with E-state index in [4.69, 9.17) is 10.5 Å². The SMILES string of the molecule is Cc1cc(Oc2ccc(/C=N\NC(N)=O)cc2)ccc1F. The number of rotatable bonds is 4. The lowest BCUT2D eigenvalue weighted by atomic mass is 10.2. The van der Waals surface area contributed by atoms with Crippen LogP contribution in [0, 0.1) is 12.7 Å². The van der Waals surface area contributed by atoms with Crippen LogP contribution in [-0.2, 0) is 0 Å². The second-order valence-electron chi connectivity index (χ2n) is 4.32. The van der Waals surface area contributed by atoms with Crippen LogP contribution in [0.2, 0.25) is 0 Å². The summed E-state index contributed by atoms with van der Waals surface area (Å²) in [4.78, 5) is 10.4. The molecule has 5 nitrogen and oxygen atoms in total. The largest absolute Gasteiger partial charge is 0.457 e. The summed E-state index contributed by atoms with van der Waals surface area (Å²) in [5.41, 5.74) is 8.27. The van der Waals surface area contributed by atoms with Gasteiger partial charge < -0.3 is 10.5 Å². The molecule has 0 saturated heterocycles. The van der Waals surface area contributed by atoms with Crippen molar-refractivity contribution in [1.29, 1.82) is 0 Å². The van der Waals surface area contributed by atoms with Gasteiger partial charge in [-0.25, -0.2) is 14.6 Å². The van der Waals surface area contributed by atoms with E-state index >= 15 is 0 Å². The Morgan fingerprint density at radius 1 is 1.24 bits per heavy atom. The monoisotopic (exact) mass is 287 g/mol. The van der Waals surface area contributed by atoms with E-state index in [1.165, 1.54) is 12.3 Å². The molecule has 0 saturated carbocycles. The predicted octanol–water partition coefficient (Wildman–Crippen LogP) is 2.93. The Balaban J connectivity index is 2.03. The van der Waals surface area contributed by atoms with Crippen molar-refractivity contribution in [3.8, 4) is 11.5 Å². The van der Waals surface area contributed by atoms with Crippen molar-refractivity contribution in [3.05, 3.63) is 59.4 Å². The highest BCUT2D eigenvalue weighted by atomic mass is 19.1. The number of aryl methyl sites for hydroxylation is 1. The molecular weight excluding hydrogens is 273 g/mol. The molecular formula is C15H14FN3O2. The number of nitrogens with two attached hydrogens (primary N) is 1. The van der Waals surface area contributed by atoms with Crippen LogP contribution in [0.1, 0.15) is 11.1 Å². The summed E-state index contributed by atoms with van der Waals surface area (Å²) in [5.74, 6) is 0.905. The second-order valence-corrected chi connectivity index (χ2v) is 4.32. The van der Waals surface area contributed by atoms with E-state index in [1.54, 1.807) is 43.3 Å². The van der Waals surface area contributed by atoms with Crippen LogP contribution < -0.4 is 15.9 Å². The van der Waals surface area contributed by atoms with Gasteiger partial charge in [-0.15, -0.1) is 0 Å². The first-order valence-corrected chi connectivity index (χ1v) is 6.17. The third-order valence-electron chi connectivity index (χ3n) is 2.63. The molecule has 2 aromatic rings. The van der Waals surface area contributed by atoms with Crippen LogP contribution in [0.15, 0.2) is 47.6 Å². The third kappa shape index (κ3) is 4.31. The number of hydrogen-bond donors (Lipinski definition) is 2. The van der Waals surface area contributed by atoms with Gasteiger partial charge in [0.2, 0.25) is 0 Å². The molecule has 2 amide bonds. The van der Waals surface area contributed by atoms with Crippen LogP contribution in [0.3, 0.4) is 0 Å². The van der Waals surface area contributed by atoms with Gasteiger partial charge in [-0.05, 0) is 60.5 Å². The number of carbonyl (C=O) groups is 1. The zero-order valence-electron chi connectivity index (χ0n) is 11.3. The Bertz CT molecular complexity index is 669. The fourth-order valence-corrected chi connectivity index (χ4v) is 1.61. The number of benzene rings is 2. The summed E-state index contributed by atoms with van der Waals surface area (Å²) in [7, 11) is 0. The Hall–Kier alpha value is -2.89. The van der Waals surface area contributed by atoms with Crippen LogP contribution in [0.4, 0.5) is 9.18 Å². The van der Waals surface area contributed by atoms with Crippen LogP contribution in [0.25, 0.3) is 0 Å². The summed E-state index contributed by atoms with van der Waals surface area (Å²) < 4.78 is 18.8. The fraction of sp³-hybridized carbons (Fsp3) is 0.0667. The lowest BCUT2D eigenvalue weighted by Crippen LogP contribution is -2.24. The number of halogens is 1. The summed E-state index contributed by atoms with van der Waals surface area (Å²) in [6, 6.07) is 10.8. The van der Waals surface area contributed by atoms with Crippen molar-refractivity contribution >= 4 is 12.2 Å². The molecule has 0 aliphatic carbocycles. The number of amides is 2. The van der Waals surface area contributed by atoms with Gasteiger partial charge in [0, 0.05) is 0 Å². The van der Waals surface area contributed by atoms with Crippen molar-refractivity contribution in [2.45, 2.75) is 6.92 Å². The van der Waals surface area contributed by atoms with Crippen LogP contribution in [0.5, 0.6) is 11.5 Å². The molecule has 0 radical (unpaired) electrons. The van der Waals surface area contributed by atoms with Crippen LogP contribution in [-0.4, -0.2) is 12.2 Å². The number of nitrogens with zero attached hydrogens (tertiary/aromatic N) is 1. The molecule has 0 aliphatic rings. The third-order valence-corrected chi connectivity index (χ3v) is 2.63. The van der Waals surface area contributed by atoms with E-state index in [0.717, 1.165) is 5.56 Å². The molecule has 0 fully saturated rings. The molecule has 2 aromatic carbocycles. The van der Waals surface area contributed by atoms with Gasteiger partial charge in [0.15, 0.2) is 0 Å². The van der Waals surface area contributed by atoms with Gasteiger partial charge in [0.1, 0.15) is 17.3 Å². The van der Waals surface area contributed by atoms with E-state index in [1.807, 2.05) is 0 Å². The molecule has 3 N–H and O–H groups in total. The van der Waals surface area contributed by atoms with Gasteiger partial charge in [-0.1, -0.05) is 0 Å². The highest BCUT2D eigenvalue weighted by Crippen LogP contribution is 2.23. The minimum Gasteiger partial charge on any atom is -0.457 e. The molecule has 0 aliphatic heterocycles. The quantitative estimate of drug-likeness (QED) is 0.670.